The number of rotatable bonds is 5. The third-order valence-corrected chi connectivity index (χ3v) is 2.16. The van der Waals surface area contributed by atoms with Crippen LogP contribution in [0, 0.1) is 0 Å². The summed E-state index contributed by atoms with van der Waals surface area (Å²) < 4.78 is 0. The smallest absolute Gasteiger partial charge is 0.105 e. The Hall–Kier alpha value is -0.900. The van der Waals surface area contributed by atoms with Crippen LogP contribution in [0.2, 0.25) is 0 Å². The van der Waals surface area contributed by atoms with Crippen molar-refractivity contribution < 1.29 is 15.3 Å². The monoisotopic (exact) mass is 196 g/mol. The molecule has 1 aromatic carbocycles. The van der Waals surface area contributed by atoms with Crippen LogP contribution in [0.25, 0.3) is 0 Å². The van der Waals surface area contributed by atoms with Crippen LogP contribution in [0.4, 0.5) is 0 Å². The Bertz CT molecular complexity index is 248. The lowest BCUT2D eigenvalue weighted by Crippen LogP contribution is -2.18. The van der Waals surface area contributed by atoms with Gasteiger partial charge in [0.05, 0.1) is 6.10 Å². The number of hydrogen-bond donors (Lipinski definition) is 3. The summed E-state index contributed by atoms with van der Waals surface area (Å²) in [5.74, 6) is 0. The van der Waals surface area contributed by atoms with Gasteiger partial charge in [0.25, 0.3) is 0 Å². The van der Waals surface area contributed by atoms with E-state index in [0.717, 1.165) is 0 Å². The summed E-state index contributed by atoms with van der Waals surface area (Å²) in [6, 6.07) is 9.03. The maximum atomic E-state index is 9.68. The topological polar surface area (TPSA) is 60.7 Å². The van der Waals surface area contributed by atoms with E-state index in [4.69, 9.17) is 5.11 Å². The summed E-state index contributed by atoms with van der Waals surface area (Å²) in [5.41, 5.74) is 0.706. The Morgan fingerprint density at radius 3 is 2.29 bits per heavy atom. The van der Waals surface area contributed by atoms with Crippen LogP contribution in [-0.2, 0) is 0 Å². The van der Waals surface area contributed by atoms with Crippen LogP contribution in [0.3, 0.4) is 0 Å². The predicted octanol–water partition coefficient (Wildman–Crippen LogP) is 0.853. The SMILES string of the molecule is OCCC[C@H](O)[C@H](O)c1ccccc1. The fraction of sp³-hybridized carbons (Fsp3) is 0.455. The molecule has 0 heterocycles. The number of aliphatic hydroxyl groups is 3. The number of hydrogen-bond acceptors (Lipinski definition) is 3. The molecule has 0 aliphatic heterocycles. The minimum absolute atomic E-state index is 0.0402. The second kappa shape index (κ2) is 5.75. The normalized spacial score (nSPS) is 15.1. The maximum absolute atomic E-state index is 9.68. The van der Waals surface area contributed by atoms with Crippen molar-refractivity contribution in [2.75, 3.05) is 6.61 Å². The average molecular weight is 196 g/mol. The molecule has 3 N–H and O–H groups in total. The molecule has 0 fully saturated rings. The molecule has 0 spiro atoms. The van der Waals surface area contributed by atoms with Gasteiger partial charge in [-0.1, -0.05) is 30.3 Å². The van der Waals surface area contributed by atoms with Gasteiger partial charge in [0.2, 0.25) is 0 Å². The zero-order chi connectivity index (χ0) is 10.4. The minimum atomic E-state index is -0.859. The van der Waals surface area contributed by atoms with E-state index in [9.17, 15) is 10.2 Å². The predicted molar refractivity (Wildman–Crippen MR) is 53.7 cm³/mol. The molecule has 0 amide bonds. The van der Waals surface area contributed by atoms with Crippen molar-refractivity contribution in [1.29, 1.82) is 0 Å². The summed E-state index contributed by atoms with van der Waals surface area (Å²) in [5, 5.41) is 27.8. The Kier molecular flexibility index (Phi) is 4.59. The van der Waals surface area contributed by atoms with Gasteiger partial charge < -0.3 is 15.3 Å². The third kappa shape index (κ3) is 3.10. The molecule has 1 aromatic rings. The second-order valence-electron chi connectivity index (χ2n) is 3.29. The van der Waals surface area contributed by atoms with Gasteiger partial charge in [0.15, 0.2) is 0 Å². The van der Waals surface area contributed by atoms with E-state index in [-0.39, 0.29) is 6.61 Å². The van der Waals surface area contributed by atoms with Gasteiger partial charge >= 0.3 is 0 Å². The molecular weight excluding hydrogens is 180 g/mol. The van der Waals surface area contributed by atoms with E-state index >= 15 is 0 Å². The van der Waals surface area contributed by atoms with E-state index in [1.54, 1.807) is 12.1 Å². The zero-order valence-corrected chi connectivity index (χ0v) is 8.00. The lowest BCUT2D eigenvalue weighted by Gasteiger charge is -2.17. The fourth-order valence-electron chi connectivity index (χ4n) is 1.33. The lowest BCUT2D eigenvalue weighted by atomic mass is 10.0. The highest BCUT2D eigenvalue weighted by molar-refractivity contribution is 5.18. The average Bonchev–Trinajstić information content (AvgIpc) is 2.26. The van der Waals surface area contributed by atoms with E-state index in [1.165, 1.54) is 0 Å². The van der Waals surface area contributed by atoms with Gasteiger partial charge in [0.1, 0.15) is 6.10 Å². The van der Waals surface area contributed by atoms with Crippen LogP contribution >= 0.6 is 0 Å². The molecule has 0 unspecified atom stereocenters. The molecule has 0 bridgehead atoms. The molecule has 0 radical (unpaired) electrons. The Balaban J connectivity index is 2.52. The molecule has 2 atom stereocenters. The molecule has 3 heteroatoms. The number of benzene rings is 1. The molecule has 14 heavy (non-hydrogen) atoms. The summed E-state index contributed by atoms with van der Waals surface area (Å²) >= 11 is 0. The van der Waals surface area contributed by atoms with Crippen molar-refractivity contribution in [3.63, 3.8) is 0 Å². The molecule has 0 aliphatic rings. The van der Waals surface area contributed by atoms with Gasteiger partial charge in [-0.2, -0.15) is 0 Å². The van der Waals surface area contributed by atoms with Crippen LogP contribution in [0.5, 0.6) is 0 Å². The van der Waals surface area contributed by atoms with E-state index < -0.39 is 12.2 Å². The van der Waals surface area contributed by atoms with Gasteiger partial charge in [-0.3, -0.25) is 0 Å². The van der Waals surface area contributed by atoms with Crippen molar-refractivity contribution >= 4 is 0 Å². The summed E-state index contributed by atoms with van der Waals surface area (Å²) in [6.45, 7) is 0.0402. The molecule has 0 aliphatic carbocycles. The summed E-state index contributed by atoms with van der Waals surface area (Å²) in [7, 11) is 0. The van der Waals surface area contributed by atoms with Gasteiger partial charge in [-0.25, -0.2) is 0 Å². The van der Waals surface area contributed by atoms with Crippen LogP contribution in [0.1, 0.15) is 24.5 Å². The Labute approximate surface area is 83.6 Å². The molecule has 3 nitrogen and oxygen atoms in total. The van der Waals surface area contributed by atoms with Crippen LogP contribution < -0.4 is 0 Å². The molecule has 0 saturated carbocycles. The number of aliphatic hydroxyl groups excluding tert-OH is 3. The molecule has 78 valence electrons. The van der Waals surface area contributed by atoms with Gasteiger partial charge in [-0.15, -0.1) is 0 Å². The van der Waals surface area contributed by atoms with E-state index in [0.29, 0.717) is 18.4 Å². The van der Waals surface area contributed by atoms with Crippen LogP contribution in [0.15, 0.2) is 30.3 Å². The largest absolute Gasteiger partial charge is 0.396 e. The summed E-state index contributed by atoms with van der Waals surface area (Å²) in [4.78, 5) is 0. The highest BCUT2D eigenvalue weighted by Crippen LogP contribution is 2.19. The van der Waals surface area contributed by atoms with Crippen molar-refractivity contribution in [1.82, 2.24) is 0 Å². The first-order valence-electron chi connectivity index (χ1n) is 4.77. The fourth-order valence-corrected chi connectivity index (χ4v) is 1.33. The quantitative estimate of drug-likeness (QED) is 0.654. The van der Waals surface area contributed by atoms with E-state index in [2.05, 4.69) is 0 Å². The van der Waals surface area contributed by atoms with Gasteiger partial charge in [0, 0.05) is 6.61 Å². The molecule has 1 rings (SSSR count). The first kappa shape index (κ1) is 11.2. The highest BCUT2D eigenvalue weighted by Gasteiger charge is 2.16. The molecule has 0 saturated heterocycles. The second-order valence-corrected chi connectivity index (χ2v) is 3.29. The van der Waals surface area contributed by atoms with E-state index in [1.807, 2.05) is 18.2 Å². The first-order valence-corrected chi connectivity index (χ1v) is 4.77. The Morgan fingerprint density at radius 2 is 1.71 bits per heavy atom. The third-order valence-electron chi connectivity index (χ3n) is 2.16. The standard InChI is InChI=1S/C11H16O3/c12-8-4-7-10(13)11(14)9-5-2-1-3-6-9/h1-3,5-6,10-14H,4,7-8H2/t10-,11+/m0/s1. The molecular formula is C11H16O3. The minimum Gasteiger partial charge on any atom is -0.396 e. The van der Waals surface area contributed by atoms with Crippen molar-refractivity contribution in [3.8, 4) is 0 Å². The van der Waals surface area contributed by atoms with Crippen LogP contribution in [-0.4, -0.2) is 28.0 Å². The van der Waals surface area contributed by atoms with Gasteiger partial charge in [-0.05, 0) is 18.4 Å². The molecule has 0 aromatic heterocycles. The summed E-state index contributed by atoms with van der Waals surface area (Å²) in [6.07, 6.45) is -0.746. The zero-order valence-electron chi connectivity index (χ0n) is 8.00. The highest BCUT2D eigenvalue weighted by atomic mass is 16.3. The van der Waals surface area contributed by atoms with Crippen molar-refractivity contribution in [3.05, 3.63) is 35.9 Å². The maximum Gasteiger partial charge on any atom is 0.105 e. The lowest BCUT2D eigenvalue weighted by molar-refractivity contribution is 0.00990. The Morgan fingerprint density at radius 1 is 1.07 bits per heavy atom. The van der Waals surface area contributed by atoms with Crippen molar-refractivity contribution in [2.45, 2.75) is 25.0 Å². The van der Waals surface area contributed by atoms with Crippen molar-refractivity contribution in [2.24, 2.45) is 0 Å². The first-order chi connectivity index (χ1) is 6.75.